The lowest BCUT2D eigenvalue weighted by Crippen LogP contribution is -2.48. The lowest BCUT2D eigenvalue weighted by Gasteiger charge is -2.35. The van der Waals surface area contributed by atoms with E-state index in [0.29, 0.717) is 44.7 Å². The average molecular weight is 433 g/mol. The van der Waals surface area contributed by atoms with Crippen LogP contribution in [0, 0.1) is 11.7 Å². The fraction of sp³-hybridized carbons (Fsp3) is 0.407. The highest BCUT2D eigenvalue weighted by atomic mass is 19.1. The first-order valence-corrected chi connectivity index (χ1v) is 11.6. The quantitative estimate of drug-likeness (QED) is 0.589. The van der Waals surface area contributed by atoms with Crippen molar-refractivity contribution in [3.05, 3.63) is 77.7 Å². The summed E-state index contributed by atoms with van der Waals surface area (Å²) < 4.78 is 20.7. The Balaban J connectivity index is 1.38. The summed E-state index contributed by atoms with van der Waals surface area (Å²) in [6.07, 6.45) is 6.06. The number of rotatable bonds is 4. The Hall–Kier alpha value is -2.79. The Morgan fingerprint density at radius 2 is 1.91 bits per heavy atom. The minimum atomic E-state index is -0.745. The number of pyridine rings is 1. The van der Waals surface area contributed by atoms with Gasteiger partial charge in [-0.05, 0) is 43.0 Å². The number of fused-ring (bicyclic) bond motifs is 1. The van der Waals surface area contributed by atoms with Crippen LogP contribution >= 0.6 is 0 Å². The molecule has 0 unspecified atom stereocenters. The van der Waals surface area contributed by atoms with Crippen LogP contribution in [0.5, 0.6) is 0 Å². The number of hydrogen-bond acceptors (Lipinski definition) is 3. The van der Waals surface area contributed by atoms with E-state index < -0.39 is 5.41 Å². The second kappa shape index (κ2) is 8.99. The fourth-order valence-electron chi connectivity index (χ4n) is 5.48. The molecule has 1 amide bonds. The van der Waals surface area contributed by atoms with E-state index >= 15 is 0 Å². The molecule has 2 aliphatic rings. The van der Waals surface area contributed by atoms with Crippen molar-refractivity contribution in [3.63, 3.8) is 0 Å². The zero-order valence-corrected chi connectivity index (χ0v) is 18.3. The van der Waals surface area contributed by atoms with E-state index in [0.717, 1.165) is 35.7 Å². The highest BCUT2D eigenvalue weighted by Crippen LogP contribution is 2.44. The summed E-state index contributed by atoms with van der Waals surface area (Å²) in [6.45, 7) is 2.32. The van der Waals surface area contributed by atoms with Crippen LogP contribution in [-0.4, -0.2) is 42.1 Å². The van der Waals surface area contributed by atoms with Crippen LogP contribution in [0.1, 0.15) is 36.8 Å². The molecule has 5 rings (SSSR count). The first-order valence-electron chi connectivity index (χ1n) is 11.6. The first kappa shape index (κ1) is 21.1. The number of para-hydroxylation sites is 1. The molecule has 2 heterocycles. The van der Waals surface area contributed by atoms with Gasteiger partial charge in [-0.1, -0.05) is 49.2 Å². The van der Waals surface area contributed by atoms with Gasteiger partial charge < -0.3 is 9.64 Å². The lowest BCUT2D eigenvalue weighted by atomic mass is 9.77. The van der Waals surface area contributed by atoms with Crippen molar-refractivity contribution >= 4 is 16.8 Å². The molecule has 32 heavy (non-hydrogen) atoms. The van der Waals surface area contributed by atoms with Crippen molar-refractivity contribution in [1.82, 2.24) is 9.88 Å². The van der Waals surface area contributed by atoms with E-state index in [2.05, 4.69) is 17.1 Å². The number of benzene rings is 2. The number of aromatic nitrogens is 1. The minimum absolute atomic E-state index is 0.0623. The molecule has 2 fully saturated rings. The van der Waals surface area contributed by atoms with E-state index in [1.807, 2.05) is 35.4 Å². The number of amides is 1. The molecule has 1 saturated carbocycles. The number of carbonyl (C=O) groups excluding carboxylic acids is 1. The van der Waals surface area contributed by atoms with Crippen LogP contribution in [0.2, 0.25) is 0 Å². The number of nitrogens with zero attached hydrogens (tertiary/aromatic N) is 2. The minimum Gasteiger partial charge on any atom is -0.379 e. The van der Waals surface area contributed by atoms with E-state index in [-0.39, 0.29) is 17.6 Å². The fourth-order valence-corrected chi connectivity index (χ4v) is 5.48. The maximum absolute atomic E-state index is 14.8. The molecule has 1 atom stereocenters. The van der Waals surface area contributed by atoms with Crippen LogP contribution < -0.4 is 0 Å². The third-order valence-corrected chi connectivity index (χ3v) is 7.05. The molecule has 0 bridgehead atoms. The third kappa shape index (κ3) is 4.02. The number of halogens is 1. The lowest BCUT2D eigenvalue weighted by molar-refractivity contribution is -0.138. The molecule has 1 aliphatic carbocycles. The van der Waals surface area contributed by atoms with E-state index in [9.17, 15) is 9.18 Å². The van der Waals surface area contributed by atoms with E-state index in [1.54, 1.807) is 12.1 Å². The van der Waals surface area contributed by atoms with Crippen molar-refractivity contribution in [2.24, 2.45) is 5.92 Å². The highest BCUT2D eigenvalue weighted by Gasteiger charge is 2.46. The van der Waals surface area contributed by atoms with Gasteiger partial charge in [-0.2, -0.15) is 0 Å². The van der Waals surface area contributed by atoms with Crippen LogP contribution in [0.4, 0.5) is 4.39 Å². The van der Waals surface area contributed by atoms with Crippen molar-refractivity contribution in [3.8, 4) is 0 Å². The molecule has 0 N–H and O–H groups in total. The summed E-state index contributed by atoms with van der Waals surface area (Å²) in [4.78, 5) is 20.4. The van der Waals surface area contributed by atoms with Gasteiger partial charge >= 0.3 is 0 Å². The van der Waals surface area contributed by atoms with Gasteiger partial charge in [0.2, 0.25) is 5.91 Å². The maximum Gasteiger partial charge on any atom is 0.233 e. The van der Waals surface area contributed by atoms with Crippen LogP contribution in [0.25, 0.3) is 10.9 Å². The van der Waals surface area contributed by atoms with Gasteiger partial charge in [0.1, 0.15) is 5.82 Å². The maximum atomic E-state index is 14.8. The Kier molecular flexibility index (Phi) is 5.92. The second-order valence-electron chi connectivity index (χ2n) is 9.20. The standard InChI is InChI=1S/C27H29FN2O2/c28-24-9-3-2-8-23(24)27(11-5-6-12-27)26(31)30-13-14-32-19-21(18-30)15-20-16-22-7-1-4-10-25(22)29-17-20/h1-4,7-10,16-17,21H,5-6,11-15,18-19H2/t21-/m1/s1. The van der Waals surface area contributed by atoms with E-state index in [1.165, 1.54) is 6.07 Å². The molecule has 1 aliphatic heterocycles. The van der Waals surface area contributed by atoms with Gasteiger partial charge in [0, 0.05) is 36.2 Å². The Labute approximate surface area is 188 Å². The average Bonchev–Trinajstić information content (AvgIpc) is 3.20. The van der Waals surface area contributed by atoms with Crippen LogP contribution in [0.3, 0.4) is 0 Å². The zero-order chi connectivity index (χ0) is 22.0. The summed E-state index contributed by atoms with van der Waals surface area (Å²) in [5, 5.41) is 1.12. The number of hydrogen-bond donors (Lipinski definition) is 0. The number of ether oxygens (including phenoxy) is 1. The molecule has 4 nitrogen and oxygen atoms in total. The van der Waals surface area contributed by atoms with Crippen LogP contribution in [0.15, 0.2) is 60.8 Å². The molecule has 0 radical (unpaired) electrons. The molecule has 1 saturated heterocycles. The van der Waals surface area contributed by atoms with Crippen molar-refractivity contribution in [1.29, 1.82) is 0 Å². The van der Waals surface area contributed by atoms with Gasteiger partial charge in [-0.3, -0.25) is 9.78 Å². The molecule has 166 valence electrons. The molecular formula is C27H29FN2O2. The first-order chi connectivity index (χ1) is 15.7. The van der Waals surface area contributed by atoms with Gasteiger partial charge in [-0.25, -0.2) is 4.39 Å². The normalized spacial score (nSPS) is 20.9. The SMILES string of the molecule is O=C(N1CCOC[C@H](Cc2cnc3ccccc3c2)C1)C1(c2ccccc2F)CCCC1. The molecule has 1 aromatic heterocycles. The Bertz CT molecular complexity index is 1110. The van der Waals surface area contributed by atoms with Gasteiger partial charge in [-0.15, -0.1) is 0 Å². The largest absolute Gasteiger partial charge is 0.379 e. The summed E-state index contributed by atoms with van der Waals surface area (Å²) >= 11 is 0. The van der Waals surface area contributed by atoms with Crippen molar-refractivity contribution in [2.75, 3.05) is 26.3 Å². The molecule has 5 heteroatoms. The predicted octanol–water partition coefficient (Wildman–Crippen LogP) is 4.90. The summed E-state index contributed by atoms with van der Waals surface area (Å²) in [5.41, 5.74) is 1.95. The summed E-state index contributed by atoms with van der Waals surface area (Å²) in [6, 6.07) is 17.1. The highest BCUT2D eigenvalue weighted by molar-refractivity contribution is 5.89. The Morgan fingerprint density at radius 1 is 1.12 bits per heavy atom. The van der Waals surface area contributed by atoms with Gasteiger partial charge in [0.15, 0.2) is 0 Å². The van der Waals surface area contributed by atoms with Crippen molar-refractivity contribution < 1.29 is 13.9 Å². The Morgan fingerprint density at radius 3 is 2.75 bits per heavy atom. The third-order valence-electron chi connectivity index (χ3n) is 7.05. The monoisotopic (exact) mass is 432 g/mol. The number of carbonyl (C=O) groups is 1. The van der Waals surface area contributed by atoms with Crippen molar-refractivity contribution in [2.45, 2.75) is 37.5 Å². The molecular weight excluding hydrogens is 403 g/mol. The zero-order valence-electron chi connectivity index (χ0n) is 18.3. The van der Waals surface area contributed by atoms with Crippen LogP contribution in [-0.2, 0) is 21.4 Å². The molecule has 0 spiro atoms. The molecule has 3 aromatic rings. The van der Waals surface area contributed by atoms with Gasteiger partial charge in [0.25, 0.3) is 0 Å². The summed E-state index contributed by atoms with van der Waals surface area (Å²) in [7, 11) is 0. The second-order valence-corrected chi connectivity index (χ2v) is 9.20. The summed E-state index contributed by atoms with van der Waals surface area (Å²) in [5.74, 6) is -0.0247. The van der Waals surface area contributed by atoms with Gasteiger partial charge in [0.05, 0.1) is 24.1 Å². The predicted molar refractivity (Wildman–Crippen MR) is 123 cm³/mol. The molecule has 2 aromatic carbocycles. The topological polar surface area (TPSA) is 42.4 Å². The smallest absolute Gasteiger partial charge is 0.233 e. The van der Waals surface area contributed by atoms with E-state index in [4.69, 9.17) is 4.74 Å².